The average Bonchev–Trinajstić information content (AvgIpc) is 2.52. The molecule has 0 amide bonds. The zero-order valence-electron chi connectivity index (χ0n) is 11.5. The van der Waals surface area contributed by atoms with Crippen LogP contribution in [0.2, 0.25) is 0 Å². The molecule has 0 atom stereocenters. The molecule has 0 radical (unpaired) electrons. The standard InChI is InChI=1S/C13H10N2O7/c1-21-12(17)9-10(13(18)22-2)14-8-4-3-6(15(19)20)5-7(8)11(9)16/h3-5H,1-2H3,(H,14,16). The summed E-state index contributed by atoms with van der Waals surface area (Å²) in [6, 6.07) is 3.45. The first-order valence-corrected chi connectivity index (χ1v) is 5.91. The summed E-state index contributed by atoms with van der Waals surface area (Å²) in [6.07, 6.45) is 0. The minimum Gasteiger partial charge on any atom is -0.465 e. The fraction of sp³-hybridized carbons (Fsp3) is 0.154. The quantitative estimate of drug-likeness (QED) is 0.509. The van der Waals surface area contributed by atoms with Gasteiger partial charge in [-0.2, -0.15) is 0 Å². The van der Waals surface area contributed by atoms with Gasteiger partial charge in [0.25, 0.3) is 5.69 Å². The van der Waals surface area contributed by atoms with Gasteiger partial charge in [0.05, 0.1) is 30.0 Å². The number of hydrogen-bond donors (Lipinski definition) is 1. The van der Waals surface area contributed by atoms with Crippen molar-refractivity contribution in [1.29, 1.82) is 0 Å². The predicted molar refractivity (Wildman–Crippen MR) is 73.9 cm³/mol. The van der Waals surface area contributed by atoms with E-state index in [9.17, 15) is 24.5 Å². The molecule has 0 aliphatic rings. The number of H-pyrrole nitrogens is 1. The topological polar surface area (TPSA) is 129 Å². The number of nitro benzene ring substituents is 1. The Bertz CT molecular complexity index is 853. The fourth-order valence-corrected chi connectivity index (χ4v) is 1.94. The number of esters is 2. The van der Waals surface area contributed by atoms with Crippen molar-refractivity contribution in [3.63, 3.8) is 0 Å². The second-order valence-corrected chi connectivity index (χ2v) is 4.17. The fourth-order valence-electron chi connectivity index (χ4n) is 1.94. The first-order chi connectivity index (χ1) is 10.4. The number of nitro groups is 1. The Morgan fingerprint density at radius 2 is 1.82 bits per heavy atom. The number of rotatable bonds is 3. The maximum Gasteiger partial charge on any atom is 0.355 e. The number of methoxy groups -OCH3 is 2. The van der Waals surface area contributed by atoms with Gasteiger partial charge in [-0.15, -0.1) is 0 Å². The van der Waals surface area contributed by atoms with Crippen molar-refractivity contribution in [2.45, 2.75) is 0 Å². The van der Waals surface area contributed by atoms with E-state index in [2.05, 4.69) is 14.5 Å². The summed E-state index contributed by atoms with van der Waals surface area (Å²) in [5.74, 6) is -1.98. The molecule has 0 aliphatic heterocycles. The molecule has 1 aromatic carbocycles. The van der Waals surface area contributed by atoms with Gasteiger partial charge in [0.15, 0.2) is 0 Å². The third kappa shape index (κ3) is 2.39. The minimum atomic E-state index is -1.05. The molecule has 1 aromatic heterocycles. The van der Waals surface area contributed by atoms with Gasteiger partial charge in [-0.05, 0) is 6.07 Å². The maximum absolute atomic E-state index is 12.4. The molecule has 0 unspecified atom stereocenters. The molecule has 9 heteroatoms. The van der Waals surface area contributed by atoms with Gasteiger partial charge in [0, 0.05) is 12.1 Å². The van der Waals surface area contributed by atoms with Crippen molar-refractivity contribution in [3.05, 3.63) is 49.8 Å². The van der Waals surface area contributed by atoms with Gasteiger partial charge < -0.3 is 14.5 Å². The highest BCUT2D eigenvalue weighted by Crippen LogP contribution is 2.19. The molecule has 22 heavy (non-hydrogen) atoms. The SMILES string of the molecule is COC(=O)c1[nH]c2ccc([N+](=O)[O-])cc2c(=O)c1C(=O)OC. The second-order valence-electron chi connectivity index (χ2n) is 4.17. The lowest BCUT2D eigenvalue weighted by Gasteiger charge is -2.08. The molecule has 0 saturated carbocycles. The van der Waals surface area contributed by atoms with Crippen molar-refractivity contribution in [1.82, 2.24) is 4.98 Å². The first kappa shape index (κ1) is 15.2. The highest BCUT2D eigenvalue weighted by atomic mass is 16.6. The number of benzene rings is 1. The summed E-state index contributed by atoms with van der Waals surface area (Å²) < 4.78 is 8.99. The van der Waals surface area contributed by atoms with E-state index < -0.39 is 27.9 Å². The number of hydrogen-bond acceptors (Lipinski definition) is 7. The number of carbonyl (C=O) groups is 2. The predicted octanol–water partition coefficient (Wildman–Crippen LogP) is 1.01. The van der Waals surface area contributed by atoms with Crippen molar-refractivity contribution >= 4 is 28.5 Å². The molecule has 0 spiro atoms. The maximum atomic E-state index is 12.4. The van der Waals surface area contributed by atoms with Gasteiger partial charge in [-0.1, -0.05) is 0 Å². The molecule has 2 rings (SSSR count). The van der Waals surface area contributed by atoms with Gasteiger partial charge in [-0.3, -0.25) is 14.9 Å². The highest BCUT2D eigenvalue weighted by Gasteiger charge is 2.25. The highest BCUT2D eigenvalue weighted by molar-refractivity contribution is 6.04. The third-order valence-corrected chi connectivity index (χ3v) is 2.97. The van der Waals surface area contributed by atoms with Crippen LogP contribution in [0.1, 0.15) is 20.8 Å². The van der Waals surface area contributed by atoms with Crippen molar-refractivity contribution in [2.75, 3.05) is 14.2 Å². The lowest BCUT2D eigenvalue weighted by molar-refractivity contribution is -0.384. The van der Waals surface area contributed by atoms with Crippen molar-refractivity contribution in [3.8, 4) is 0 Å². The molecule has 0 aliphatic carbocycles. The van der Waals surface area contributed by atoms with E-state index in [0.717, 1.165) is 26.4 Å². The number of nitrogens with one attached hydrogen (secondary N) is 1. The van der Waals surface area contributed by atoms with Crippen molar-refractivity contribution in [2.24, 2.45) is 0 Å². The number of ether oxygens (including phenoxy) is 2. The van der Waals surface area contributed by atoms with Crippen LogP contribution in [0.4, 0.5) is 5.69 Å². The molecular weight excluding hydrogens is 296 g/mol. The normalized spacial score (nSPS) is 10.3. The smallest absolute Gasteiger partial charge is 0.355 e. The van der Waals surface area contributed by atoms with Crippen LogP contribution in [0.3, 0.4) is 0 Å². The summed E-state index contributed by atoms with van der Waals surface area (Å²) >= 11 is 0. The van der Waals surface area contributed by atoms with E-state index in [1.807, 2.05) is 0 Å². The van der Waals surface area contributed by atoms with Crippen LogP contribution in [0.25, 0.3) is 10.9 Å². The van der Waals surface area contributed by atoms with Crippen molar-refractivity contribution < 1.29 is 24.0 Å². The Balaban J connectivity index is 2.89. The van der Waals surface area contributed by atoms with E-state index in [-0.39, 0.29) is 22.3 Å². The summed E-state index contributed by atoms with van der Waals surface area (Å²) in [5.41, 5.74) is -1.96. The van der Waals surface area contributed by atoms with E-state index in [4.69, 9.17) is 0 Å². The van der Waals surface area contributed by atoms with Crippen LogP contribution >= 0.6 is 0 Å². The third-order valence-electron chi connectivity index (χ3n) is 2.97. The number of non-ortho nitro benzene ring substituents is 1. The number of carbonyl (C=O) groups excluding carboxylic acids is 2. The second kappa shape index (κ2) is 5.64. The van der Waals surface area contributed by atoms with Crippen LogP contribution in [0.5, 0.6) is 0 Å². The van der Waals surface area contributed by atoms with Gasteiger partial charge in [-0.25, -0.2) is 9.59 Å². The summed E-state index contributed by atoms with van der Waals surface area (Å²) in [4.78, 5) is 48.5. The van der Waals surface area contributed by atoms with E-state index in [1.54, 1.807) is 0 Å². The molecule has 1 heterocycles. The molecule has 0 fully saturated rings. The summed E-state index contributed by atoms with van der Waals surface area (Å²) in [5, 5.41) is 10.7. The lowest BCUT2D eigenvalue weighted by atomic mass is 10.1. The van der Waals surface area contributed by atoms with Gasteiger partial charge in [0.2, 0.25) is 5.43 Å². The van der Waals surface area contributed by atoms with E-state index >= 15 is 0 Å². The molecule has 114 valence electrons. The Labute approximate surface area is 122 Å². The Kier molecular flexibility index (Phi) is 3.89. The monoisotopic (exact) mass is 306 g/mol. The Morgan fingerprint density at radius 3 is 2.36 bits per heavy atom. The van der Waals surface area contributed by atoms with Crippen LogP contribution in [0.15, 0.2) is 23.0 Å². The number of fused-ring (bicyclic) bond motifs is 1. The number of pyridine rings is 1. The van der Waals surface area contributed by atoms with E-state index in [0.29, 0.717) is 0 Å². The largest absolute Gasteiger partial charge is 0.465 e. The van der Waals surface area contributed by atoms with Crippen LogP contribution in [0, 0.1) is 10.1 Å². The molecule has 9 nitrogen and oxygen atoms in total. The molecular formula is C13H10N2O7. The number of aromatic nitrogens is 1. The van der Waals surface area contributed by atoms with Crippen LogP contribution < -0.4 is 5.43 Å². The first-order valence-electron chi connectivity index (χ1n) is 5.91. The molecule has 0 saturated heterocycles. The van der Waals surface area contributed by atoms with E-state index in [1.165, 1.54) is 6.07 Å². The van der Waals surface area contributed by atoms with Crippen LogP contribution in [-0.4, -0.2) is 36.1 Å². The summed E-state index contributed by atoms with van der Waals surface area (Å²) in [7, 11) is 2.13. The number of nitrogens with zero attached hydrogens (tertiary/aromatic N) is 1. The molecule has 0 bridgehead atoms. The van der Waals surface area contributed by atoms with Crippen LogP contribution in [-0.2, 0) is 9.47 Å². The average molecular weight is 306 g/mol. The van der Waals surface area contributed by atoms with Gasteiger partial charge in [0.1, 0.15) is 11.3 Å². The minimum absolute atomic E-state index is 0.109. The molecule has 2 aromatic rings. The Morgan fingerprint density at radius 1 is 1.18 bits per heavy atom. The molecule has 1 N–H and O–H groups in total. The van der Waals surface area contributed by atoms with Gasteiger partial charge >= 0.3 is 11.9 Å². The number of aromatic amines is 1. The lowest BCUT2D eigenvalue weighted by Crippen LogP contribution is -2.24. The summed E-state index contributed by atoms with van der Waals surface area (Å²) in [6.45, 7) is 0. The zero-order chi connectivity index (χ0) is 16.4. The zero-order valence-corrected chi connectivity index (χ0v) is 11.5. The Hall–Kier alpha value is -3.23.